The maximum Gasteiger partial charge on any atom is 0.209 e. The molecule has 0 aliphatic rings. The van der Waals surface area contributed by atoms with Gasteiger partial charge in [0.1, 0.15) is 17.6 Å². The van der Waals surface area contributed by atoms with Crippen molar-refractivity contribution in [2.45, 2.75) is 19.4 Å². The van der Waals surface area contributed by atoms with Gasteiger partial charge in [0.2, 0.25) is 10.0 Å². The Bertz CT molecular complexity index is 561. The first-order valence-corrected chi connectivity index (χ1v) is 7.21. The van der Waals surface area contributed by atoms with Crippen LogP contribution in [0.25, 0.3) is 0 Å². The molecular weight excluding hydrogens is 252 g/mol. The summed E-state index contributed by atoms with van der Waals surface area (Å²) in [6.45, 7) is 3.88. The van der Waals surface area contributed by atoms with Gasteiger partial charge >= 0.3 is 0 Å². The summed E-state index contributed by atoms with van der Waals surface area (Å²) in [5.74, 6) is 0.539. The lowest BCUT2D eigenvalue weighted by atomic mass is 10.1. The zero-order valence-corrected chi connectivity index (χ0v) is 11.4. The molecule has 0 atom stereocenters. The Balaban J connectivity index is 2.67. The number of sulfonamides is 1. The molecule has 0 bridgehead atoms. The molecule has 0 radical (unpaired) electrons. The molecule has 7 heteroatoms. The summed E-state index contributed by atoms with van der Waals surface area (Å²) >= 11 is 0. The van der Waals surface area contributed by atoms with E-state index in [4.69, 9.17) is 5.26 Å². The zero-order chi connectivity index (χ0) is 13.8. The normalized spacial score (nSPS) is 11.9. The lowest BCUT2D eigenvalue weighted by Crippen LogP contribution is -2.47. The van der Waals surface area contributed by atoms with E-state index in [-0.39, 0.29) is 0 Å². The Morgan fingerprint density at radius 3 is 2.67 bits per heavy atom. The van der Waals surface area contributed by atoms with Crippen molar-refractivity contribution in [2.24, 2.45) is 0 Å². The Hall–Kier alpha value is -1.65. The smallest absolute Gasteiger partial charge is 0.209 e. The molecule has 0 spiro atoms. The first-order chi connectivity index (χ1) is 8.22. The molecule has 1 aromatic rings. The van der Waals surface area contributed by atoms with Crippen molar-refractivity contribution in [1.29, 1.82) is 5.26 Å². The highest BCUT2D eigenvalue weighted by Crippen LogP contribution is 2.08. The molecule has 0 amide bonds. The number of nitriles is 1. The number of pyridine rings is 1. The summed E-state index contributed by atoms with van der Waals surface area (Å²) in [7, 11) is -3.26. The third-order valence-corrected chi connectivity index (χ3v) is 2.96. The van der Waals surface area contributed by atoms with Gasteiger partial charge in [-0.1, -0.05) is 6.07 Å². The highest BCUT2D eigenvalue weighted by molar-refractivity contribution is 7.88. The highest BCUT2D eigenvalue weighted by atomic mass is 32.2. The van der Waals surface area contributed by atoms with Gasteiger partial charge in [-0.25, -0.2) is 18.1 Å². The van der Waals surface area contributed by atoms with Gasteiger partial charge in [0.25, 0.3) is 0 Å². The Morgan fingerprint density at radius 1 is 1.44 bits per heavy atom. The summed E-state index contributed by atoms with van der Waals surface area (Å²) in [5, 5.41) is 11.7. The predicted octanol–water partition coefficient (Wildman–Crippen LogP) is 0.693. The molecule has 0 saturated carbocycles. The van der Waals surface area contributed by atoms with Crippen molar-refractivity contribution in [3.05, 3.63) is 23.9 Å². The Morgan fingerprint density at radius 2 is 2.11 bits per heavy atom. The second-order valence-corrected chi connectivity index (χ2v) is 6.38. The Kier molecular flexibility index (Phi) is 4.27. The van der Waals surface area contributed by atoms with Crippen LogP contribution in [0, 0.1) is 11.3 Å². The molecule has 0 saturated heterocycles. The van der Waals surface area contributed by atoms with Crippen LogP contribution in [-0.2, 0) is 10.0 Å². The van der Waals surface area contributed by atoms with Gasteiger partial charge in [0.15, 0.2) is 0 Å². The molecule has 2 N–H and O–H groups in total. The van der Waals surface area contributed by atoms with E-state index in [1.165, 1.54) is 0 Å². The van der Waals surface area contributed by atoms with Crippen LogP contribution < -0.4 is 10.0 Å². The second kappa shape index (κ2) is 5.33. The lowest BCUT2D eigenvalue weighted by Gasteiger charge is -2.25. The van der Waals surface area contributed by atoms with Crippen LogP contribution >= 0.6 is 0 Å². The molecule has 1 aromatic heterocycles. The third-order valence-electron chi connectivity index (χ3n) is 2.04. The first-order valence-electron chi connectivity index (χ1n) is 5.32. The summed E-state index contributed by atoms with van der Waals surface area (Å²) in [6.07, 6.45) is 1.11. The van der Waals surface area contributed by atoms with E-state index in [1.807, 2.05) is 6.07 Å². The molecule has 1 rings (SSSR count). The van der Waals surface area contributed by atoms with Gasteiger partial charge in [-0.05, 0) is 26.0 Å². The standard InChI is InChI=1S/C11H16N4O2S/c1-11(2,15-18(3,16)17)8-13-10-6-4-5-9(7-12)14-10/h4-6,15H,8H2,1-3H3,(H,13,14). The molecule has 0 fully saturated rings. The van der Waals surface area contributed by atoms with Crippen molar-refractivity contribution in [3.8, 4) is 6.07 Å². The molecule has 18 heavy (non-hydrogen) atoms. The molecule has 0 aromatic carbocycles. The number of hydrogen-bond donors (Lipinski definition) is 2. The topological polar surface area (TPSA) is 94.9 Å². The average molecular weight is 268 g/mol. The van der Waals surface area contributed by atoms with Gasteiger partial charge < -0.3 is 5.32 Å². The summed E-state index contributed by atoms with van der Waals surface area (Å²) in [5.41, 5.74) is -0.327. The number of aromatic nitrogens is 1. The Labute approximate surface area is 107 Å². The van der Waals surface area contributed by atoms with Gasteiger partial charge in [-0.15, -0.1) is 0 Å². The van der Waals surface area contributed by atoms with E-state index in [1.54, 1.807) is 32.0 Å². The number of anilines is 1. The minimum Gasteiger partial charge on any atom is -0.368 e. The van der Waals surface area contributed by atoms with Crippen LogP contribution in [0.2, 0.25) is 0 Å². The van der Waals surface area contributed by atoms with Gasteiger partial charge in [0, 0.05) is 12.1 Å². The summed E-state index contributed by atoms with van der Waals surface area (Å²) in [4.78, 5) is 4.04. The number of nitrogens with zero attached hydrogens (tertiary/aromatic N) is 2. The monoisotopic (exact) mass is 268 g/mol. The number of nitrogens with one attached hydrogen (secondary N) is 2. The van der Waals surface area contributed by atoms with E-state index in [0.29, 0.717) is 18.1 Å². The molecule has 6 nitrogen and oxygen atoms in total. The molecule has 0 aliphatic carbocycles. The quantitative estimate of drug-likeness (QED) is 0.819. The molecule has 98 valence electrons. The van der Waals surface area contributed by atoms with Gasteiger partial charge in [0.05, 0.1) is 6.26 Å². The molecular formula is C11H16N4O2S. The van der Waals surface area contributed by atoms with Crippen LogP contribution in [0.1, 0.15) is 19.5 Å². The van der Waals surface area contributed by atoms with E-state index in [0.717, 1.165) is 6.26 Å². The minimum absolute atomic E-state index is 0.314. The van der Waals surface area contributed by atoms with Crippen LogP contribution in [0.4, 0.5) is 5.82 Å². The number of rotatable bonds is 5. The lowest BCUT2D eigenvalue weighted by molar-refractivity contribution is 0.476. The van der Waals surface area contributed by atoms with Gasteiger partial charge in [-0.2, -0.15) is 5.26 Å². The van der Waals surface area contributed by atoms with Crippen molar-refractivity contribution in [1.82, 2.24) is 9.71 Å². The van der Waals surface area contributed by atoms with Crippen molar-refractivity contribution < 1.29 is 8.42 Å². The van der Waals surface area contributed by atoms with Crippen molar-refractivity contribution >= 4 is 15.8 Å². The van der Waals surface area contributed by atoms with Crippen LogP contribution in [0.5, 0.6) is 0 Å². The molecule has 0 unspecified atom stereocenters. The first kappa shape index (κ1) is 14.4. The zero-order valence-electron chi connectivity index (χ0n) is 10.6. The largest absolute Gasteiger partial charge is 0.368 e. The highest BCUT2D eigenvalue weighted by Gasteiger charge is 2.21. The second-order valence-electron chi connectivity index (χ2n) is 4.63. The van der Waals surface area contributed by atoms with Crippen LogP contribution in [0.3, 0.4) is 0 Å². The third kappa shape index (κ3) is 5.12. The van der Waals surface area contributed by atoms with Crippen molar-refractivity contribution in [3.63, 3.8) is 0 Å². The fourth-order valence-corrected chi connectivity index (χ4v) is 2.52. The SMILES string of the molecule is CC(C)(CNc1cccc(C#N)n1)NS(C)(=O)=O. The predicted molar refractivity (Wildman–Crippen MR) is 69.5 cm³/mol. The van der Waals surface area contributed by atoms with E-state index in [2.05, 4.69) is 15.0 Å². The summed E-state index contributed by atoms with van der Waals surface area (Å²) in [6, 6.07) is 6.98. The van der Waals surface area contributed by atoms with Crippen molar-refractivity contribution in [2.75, 3.05) is 18.1 Å². The maximum absolute atomic E-state index is 11.2. The van der Waals surface area contributed by atoms with Crippen LogP contribution in [0.15, 0.2) is 18.2 Å². The fourth-order valence-electron chi connectivity index (χ4n) is 1.44. The number of hydrogen-bond acceptors (Lipinski definition) is 5. The van der Waals surface area contributed by atoms with E-state index in [9.17, 15) is 8.42 Å². The average Bonchev–Trinajstić information content (AvgIpc) is 2.24. The molecule has 1 heterocycles. The van der Waals surface area contributed by atoms with E-state index < -0.39 is 15.6 Å². The molecule has 0 aliphatic heterocycles. The van der Waals surface area contributed by atoms with Gasteiger partial charge in [-0.3, -0.25) is 0 Å². The minimum atomic E-state index is -3.26. The summed E-state index contributed by atoms with van der Waals surface area (Å²) < 4.78 is 24.8. The van der Waals surface area contributed by atoms with E-state index >= 15 is 0 Å². The van der Waals surface area contributed by atoms with Crippen LogP contribution in [-0.4, -0.2) is 31.7 Å². The maximum atomic E-state index is 11.2. The fraction of sp³-hybridized carbons (Fsp3) is 0.455.